The SMILES string of the molecule is Cc1cccc(C(=O)N2CCN(C3CCNC3)CC2)c1[N+](=O)[O-].Cl. The molecule has 1 unspecified atom stereocenters. The Kier molecular flexibility index (Phi) is 6.15. The number of benzene rings is 1. The maximum Gasteiger partial charge on any atom is 0.285 e. The molecule has 24 heavy (non-hydrogen) atoms. The van der Waals surface area contributed by atoms with Crippen LogP contribution in [0, 0.1) is 17.0 Å². The van der Waals surface area contributed by atoms with Crippen molar-refractivity contribution in [3.63, 3.8) is 0 Å². The number of carbonyl (C=O) groups is 1. The van der Waals surface area contributed by atoms with Gasteiger partial charge in [0.1, 0.15) is 5.56 Å². The summed E-state index contributed by atoms with van der Waals surface area (Å²) in [6.07, 6.45) is 1.15. The quantitative estimate of drug-likeness (QED) is 0.656. The van der Waals surface area contributed by atoms with Crippen molar-refractivity contribution in [1.29, 1.82) is 0 Å². The summed E-state index contributed by atoms with van der Waals surface area (Å²) in [5.74, 6) is -0.232. The van der Waals surface area contributed by atoms with Crippen LogP contribution in [0.3, 0.4) is 0 Å². The van der Waals surface area contributed by atoms with Gasteiger partial charge in [-0.25, -0.2) is 0 Å². The van der Waals surface area contributed by atoms with E-state index >= 15 is 0 Å². The number of carbonyl (C=O) groups excluding carboxylic acids is 1. The van der Waals surface area contributed by atoms with Crippen molar-refractivity contribution < 1.29 is 9.72 Å². The van der Waals surface area contributed by atoms with Gasteiger partial charge in [0.25, 0.3) is 11.6 Å². The van der Waals surface area contributed by atoms with Crippen molar-refractivity contribution in [2.24, 2.45) is 0 Å². The molecule has 1 atom stereocenters. The molecule has 2 fully saturated rings. The molecule has 1 aromatic rings. The minimum Gasteiger partial charge on any atom is -0.336 e. The Balaban J connectivity index is 0.00000208. The van der Waals surface area contributed by atoms with Gasteiger partial charge < -0.3 is 10.2 Å². The molecule has 2 aliphatic rings. The fraction of sp³-hybridized carbons (Fsp3) is 0.562. The van der Waals surface area contributed by atoms with Gasteiger partial charge in [-0.15, -0.1) is 12.4 Å². The highest BCUT2D eigenvalue weighted by Gasteiger charge is 2.31. The Morgan fingerprint density at radius 3 is 2.58 bits per heavy atom. The molecule has 0 aliphatic carbocycles. The number of rotatable bonds is 3. The van der Waals surface area contributed by atoms with E-state index in [2.05, 4.69) is 10.2 Å². The molecule has 1 N–H and O–H groups in total. The van der Waals surface area contributed by atoms with Crippen molar-refractivity contribution in [2.45, 2.75) is 19.4 Å². The van der Waals surface area contributed by atoms with E-state index < -0.39 is 4.92 Å². The van der Waals surface area contributed by atoms with E-state index in [1.54, 1.807) is 30.0 Å². The topological polar surface area (TPSA) is 78.7 Å². The molecule has 8 heteroatoms. The molecule has 132 valence electrons. The van der Waals surface area contributed by atoms with Crippen LogP contribution in [0.2, 0.25) is 0 Å². The van der Waals surface area contributed by atoms with Gasteiger partial charge in [-0.3, -0.25) is 19.8 Å². The lowest BCUT2D eigenvalue weighted by molar-refractivity contribution is -0.385. The molecule has 0 spiro atoms. The summed E-state index contributed by atoms with van der Waals surface area (Å²) in [5, 5.41) is 14.6. The number of piperazine rings is 1. The first-order valence-corrected chi connectivity index (χ1v) is 8.06. The van der Waals surface area contributed by atoms with Gasteiger partial charge in [-0.1, -0.05) is 12.1 Å². The third-order valence-corrected chi connectivity index (χ3v) is 4.80. The fourth-order valence-corrected chi connectivity index (χ4v) is 3.49. The third kappa shape index (κ3) is 3.68. The first-order chi connectivity index (χ1) is 11.1. The Labute approximate surface area is 147 Å². The third-order valence-electron chi connectivity index (χ3n) is 4.80. The van der Waals surface area contributed by atoms with E-state index in [9.17, 15) is 14.9 Å². The summed E-state index contributed by atoms with van der Waals surface area (Å²) >= 11 is 0. The molecular formula is C16H23ClN4O3. The Morgan fingerprint density at radius 1 is 1.29 bits per heavy atom. The molecule has 2 saturated heterocycles. The number of halogens is 1. The smallest absolute Gasteiger partial charge is 0.285 e. The number of hydrogen-bond acceptors (Lipinski definition) is 5. The number of nitro groups is 1. The van der Waals surface area contributed by atoms with E-state index in [1.807, 2.05) is 0 Å². The van der Waals surface area contributed by atoms with Crippen LogP contribution in [-0.4, -0.2) is 65.9 Å². The molecule has 1 amide bonds. The van der Waals surface area contributed by atoms with Gasteiger partial charge in [0.2, 0.25) is 0 Å². The summed E-state index contributed by atoms with van der Waals surface area (Å²) in [4.78, 5) is 27.7. The minimum absolute atomic E-state index is 0. The first-order valence-electron chi connectivity index (χ1n) is 8.06. The number of aryl methyl sites for hydroxylation is 1. The second kappa shape index (κ2) is 7.92. The number of para-hydroxylation sites is 1. The van der Waals surface area contributed by atoms with Gasteiger partial charge >= 0.3 is 0 Å². The maximum atomic E-state index is 12.7. The van der Waals surface area contributed by atoms with E-state index in [-0.39, 0.29) is 29.6 Å². The minimum atomic E-state index is -0.455. The lowest BCUT2D eigenvalue weighted by atomic mass is 10.1. The molecular weight excluding hydrogens is 332 g/mol. The van der Waals surface area contributed by atoms with Gasteiger partial charge in [-0.2, -0.15) is 0 Å². The molecule has 1 aromatic carbocycles. The van der Waals surface area contributed by atoms with E-state index in [0.717, 1.165) is 32.6 Å². The number of hydrogen-bond donors (Lipinski definition) is 1. The van der Waals surface area contributed by atoms with Crippen LogP contribution >= 0.6 is 12.4 Å². The fourth-order valence-electron chi connectivity index (χ4n) is 3.49. The summed E-state index contributed by atoms with van der Waals surface area (Å²) in [6.45, 7) is 6.65. The largest absolute Gasteiger partial charge is 0.336 e. The highest BCUT2D eigenvalue weighted by Crippen LogP contribution is 2.25. The molecule has 0 aromatic heterocycles. The molecule has 0 radical (unpaired) electrons. The molecule has 3 rings (SSSR count). The summed E-state index contributed by atoms with van der Waals surface area (Å²) in [7, 11) is 0. The van der Waals surface area contributed by atoms with Crippen LogP contribution in [0.15, 0.2) is 18.2 Å². The summed E-state index contributed by atoms with van der Waals surface area (Å²) in [5.41, 5.74) is 0.655. The van der Waals surface area contributed by atoms with Crippen LogP contribution in [0.4, 0.5) is 5.69 Å². The number of amides is 1. The van der Waals surface area contributed by atoms with Gasteiger partial charge in [0.15, 0.2) is 0 Å². The second-order valence-electron chi connectivity index (χ2n) is 6.20. The molecule has 0 bridgehead atoms. The van der Waals surface area contributed by atoms with Crippen molar-refractivity contribution in [3.8, 4) is 0 Å². The highest BCUT2D eigenvalue weighted by atomic mass is 35.5. The Hall–Kier alpha value is -1.70. The van der Waals surface area contributed by atoms with Crippen LogP contribution < -0.4 is 5.32 Å². The molecule has 7 nitrogen and oxygen atoms in total. The zero-order chi connectivity index (χ0) is 16.4. The van der Waals surface area contributed by atoms with E-state index in [1.165, 1.54) is 0 Å². The summed E-state index contributed by atoms with van der Waals surface area (Å²) < 4.78 is 0. The predicted octanol–water partition coefficient (Wildman–Crippen LogP) is 1.44. The van der Waals surface area contributed by atoms with E-state index in [0.29, 0.717) is 24.7 Å². The van der Waals surface area contributed by atoms with Crippen LogP contribution in [0.25, 0.3) is 0 Å². The Bertz CT molecular complexity index is 611. The normalized spacial score (nSPS) is 21.4. The predicted molar refractivity (Wildman–Crippen MR) is 93.8 cm³/mol. The number of nitrogens with one attached hydrogen (secondary N) is 1. The van der Waals surface area contributed by atoms with E-state index in [4.69, 9.17) is 0 Å². The zero-order valence-corrected chi connectivity index (χ0v) is 14.6. The lowest BCUT2D eigenvalue weighted by Crippen LogP contribution is -2.52. The maximum absolute atomic E-state index is 12.7. The standard InChI is InChI=1S/C16H22N4O3.ClH/c1-12-3-2-4-14(15(12)20(22)23)16(21)19-9-7-18(8-10-19)13-5-6-17-11-13;/h2-4,13,17H,5-11H2,1H3;1H. The number of nitro benzene ring substituents is 1. The van der Waals surface area contributed by atoms with Crippen molar-refractivity contribution in [3.05, 3.63) is 39.4 Å². The Morgan fingerprint density at radius 2 is 2.00 bits per heavy atom. The second-order valence-corrected chi connectivity index (χ2v) is 6.20. The van der Waals surface area contributed by atoms with Crippen LogP contribution in [0.1, 0.15) is 22.3 Å². The van der Waals surface area contributed by atoms with Crippen LogP contribution in [-0.2, 0) is 0 Å². The van der Waals surface area contributed by atoms with Crippen molar-refractivity contribution in [2.75, 3.05) is 39.3 Å². The van der Waals surface area contributed by atoms with Gasteiger partial charge in [0.05, 0.1) is 4.92 Å². The number of nitrogens with zero attached hydrogens (tertiary/aromatic N) is 3. The monoisotopic (exact) mass is 354 g/mol. The van der Waals surface area contributed by atoms with Crippen molar-refractivity contribution in [1.82, 2.24) is 15.1 Å². The zero-order valence-electron chi connectivity index (χ0n) is 13.7. The lowest BCUT2D eigenvalue weighted by Gasteiger charge is -2.37. The highest BCUT2D eigenvalue weighted by molar-refractivity contribution is 5.98. The average molecular weight is 355 g/mol. The average Bonchev–Trinajstić information content (AvgIpc) is 3.08. The summed E-state index contributed by atoms with van der Waals surface area (Å²) in [6, 6.07) is 5.48. The first kappa shape index (κ1) is 18.6. The van der Waals surface area contributed by atoms with Crippen LogP contribution in [0.5, 0.6) is 0 Å². The molecule has 2 aliphatic heterocycles. The molecule has 0 saturated carbocycles. The van der Waals surface area contributed by atoms with Gasteiger partial charge in [-0.05, 0) is 26.0 Å². The molecule has 2 heterocycles. The van der Waals surface area contributed by atoms with Gasteiger partial charge in [0, 0.05) is 44.3 Å². The van der Waals surface area contributed by atoms with Crippen molar-refractivity contribution >= 4 is 24.0 Å².